The first-order chi connectivity index (χ1) is 12.7. The standard InChI is InChI=1S/C20H30N4OS/c1-5-18-13-23-19(26-18)14-24-20(21-6-2)22-12-11-15(3)16-7-9-17(25-4)10-8-16/h7-10,13,15H,5-6,11-12,14H2,1-4H3,(H2,21,22,24). The Labute approximate surface area is 160 Å². The number of thiazole rings is 1. The molecule has 6 heteroatoms. The van der Waals surface area contributed by atoms with Gasteiger partial charge in [-0.1, -0.05) is 26.0 Å². The van der Waals surface area contributed by atoms with Crippen molar-refractivity contribution in [3.63, 3.8) is 0 Å². The van der Waals surface area contributed by atoms with Gasteiger partial charge >= 0.3 is 0 Å². The van der Waals surface area contributed by atoms with Crippen LogP contribution in [0.3, 0.4) is 0 Å². The van der Waals surface area contributed by atoms with Crippen molar-refractivity contribution in [3.05, 3.63) is 45.9 Å². The summed E-state index contributed by atoms with van der Waals surface area (Å²) in [6, 6.07) is 8.31. The molecule has 0 aliphatic rings. The third-order valence-electron chi connectivity index (χ3n) is 4.22. The van der Waals surface area contributed by atoms with Gasteiger partial charge in [0.2, 0.25) is 0 Å². The molecule has 0 fully saturated rings. The van der Waals surface area contributed by atoms with Crippen molar-refractivity contribution in [3.8, 4) is 5.75 Å². The summed E-state index contributed by atoms with van der Waals surface area (Å²) < 4.78 is 5.22. The predicted octanol–water partition coefficient (Wildman–Crippen LogP) is 3.96. The highest BCUT2D eigenvalue weighted by Gasteiger charge is 2.07. The van der Waals surface area contributed by atoms with E-state index in [0.29, 0.717) is 12.5 Å². The molecule has 1 atom stereocenters. The summed E-state index contributed by atoms with van der Waals surface area (Å²) >= 11 is 1.74. The van der Waals surface area contributed by atoms with Crippen molar-refractivity contribution < 1.29 is 4.74 Å². The van der Waals surface area contributed by atoms with Crippen LogP contribution in [0.15, 0.2) is 35.5 Å². The van der Waals surface area contributed by atoms with Crippen LogP contribution in [0.2, 0.25) is 0 Å². The van der Waals surface area contributed by atoms with Crippen molar-refractivity contribution in [2.45, 2.75) is 46.1 Å². The fourth-order valence-corrected chi connectivity index (χ4v) is 3.37. The largest absolute Gasteiger partial charge is 0.497 e. The monoisotopic (exact) mass is 374 g/mol. The second-order valence-corrected chi connectivity index (χ2v) is 7.36. The van der Waals surface area contributed by atoms with Gasteiger partial charge in [-0.25, -0.2) is 9.98 Å². The van der Waals surface area contributed by atoms with Crippen molar-refractivity contribution in [2.24, 2.45) is 4.99 Å². The van der Waals surface area contributed by atoms with Crippen LogP contribution in [0.5, 0.6) is 5.75 Å². The van der Waals surface area contributed by atoms with E-state index in [1.165, 1.54) is 10.4 Å². The quantitative estimate of drug-likeness (QED) is 0.515. The number of aliphatic imine (C=N–C) groups is 1. The molecule has 142 valence electrons. The van der Waals surface area contributed by atoms with Crippen molar-refractivity contribution in [1.29, 1.82) is 0 Å². The number of guanidine groups is 1. The maximum atomic E-state index is 5.22. The topological polar surface area (TPSA) is 58.5 Å². The zero-order valence-corrected chi connectivity index (χ0v) is 17.0. The van der Waals surface area contributed by atoms with Gasteiger partial charge < -0.3 is 15.4 Å². The SMILES string of the molecule is CCNC(=NCc1ncc(CC)s1)NCCC(C)c1ccc(OC)cc1. The number of benzene rings is 1. The minimum Gasteiger partial charge on any atom is -0.497 e. The summed E-state index contributed by atoms with van der Waals surface area (Å²) in [6.45, 7) is 8.81. The van der Waals surface area contributed by atoms with E-state index in [-0.39, 0.29) is 0 Å². The molecule has 0 aliphatic carbocycles. The number of aromatic nitrogens is 1. The molecule has 0 saturated carbocycles. The molecule has 0 radical (unpaired) electrons. The van der Waals surface area contributed by atoms with Gasteiger partial charge in [0.15, 0.2) is 5.96 Å². The second-order valence-electron chi connectivity index (χ2n) is 6.16. The summed E-state index contributed by atoms with van der Waals surface area (Å²) in [5.41, 5.74) is 1.32. The van der Waals surface area contributed by atoms with E-state index in [1.807, 2.05) is 18.3 Å². The number of hydrogen-bond donors (Lipinski definition) is 2. The number of nitrogens with zero attached hydrogens (tertiary/aromatic N) is 2. The van der Waals surface area contributed by atoms with E-state index in [4.69, 9.17) is 4.74 Å². The molecule has 0 spiro atoms. The molecule has 2 N–H and O–H groups in total. The van der Waals surface area contributed by atoms with Crippen molar-refractivity contribution in [1.82, 2.24) is 15.6 Å². The lowest BCUT2D eigenvalue weighted by atomic mass is 9.98. The molecule has 2 aromatic rings. The predicted molar refractivity (Wildman–Crippen MR) is 110 cm³/mol. The Hall–Kier alpha value is -2.08. The average molecular weight is 375 g/mol. The van der Waals surface area contributed by atoms with Gasteiger partial charge in [-0.15, -0.1) is 11.3 Å². The Morgan fingerprint density at radius 1 is 1.23 bits per heavy atom. The molecule has 26 heavy (non-hydrogen) atoms. The molecular weight excluding hydrogens is 344 g/mol. The molecule has 0 bridgehead atoms. The van der Waals surface area contributed by atoms with Crippen LogP contribution in [0, 0.1) is 0 Å². The molecule has 0 aliphatic heterocycles. The van der Waals surface area contributed by atoms with Gasteiger partial charge in [0.05, 0.1) is 13.7 Å². The zero-order chi connectivity index (χ0) is 18.8. The molecule has 1 unspecified atom stereocenters. The molecule has 0 saturated heterocycles. The second kappa shape index (κ2) is 10.8. The van der Waals surface area contributed by atoms with E-state index in [2.05, 4.69) is 53.5 Å². The van der Waals surface area contributed by atoms with Crippen molar-refractivity contribution >= 4 is 17.3 Å². The summed E-state index contributed by atoms with van der Waals surface area (Å²) in [5, 5.41) is 7.79. The van der Waals surface area contributed by atoms with Gasteiger partial charge in [-0.05, 0) is 43.4 Å². The van der Waals surface area contributed by atoms with E-state index >= 15 is 0 Å². The number of methoxy groups -OCH3 is 1. The van der Waals surface area contributed by atoms with Crippen LogP contribution in [-0.4, -0.2) is 31.1 Å². The van der Waals surface area contributed by atoms with Gasteiger partial charge in [0.25, 0.3) is 0 Å². The van der Waals surface area contributed by atoms with Crippen molar-refractivity contribution in [2.75, 3.05) is 20.2 Å². The lowest BCUT2D eigenvalue weighted by Gasteiger charge is -2.15. The minimum absolute atomic E-state index is 0.474. The Morgan fingerprint density at radius 3 is 2.62 bits per heavy atom. The highest BCUT2D eigenvalue weighted by molar-refractivity contribution is 7.11. The fourth-order valence-electron chi connectivity index (χ4n) is 2.58. The molecular formula is C20H30N4OS. The van der Waals surface area contributed by atoms with E-state index in [9.17, 15) is 0 Å². The zero-order valence-electron chi connectivity index (χ0n) is 16.2. The third kappa shape index (κ3) is 6.33. The highest BCUT2D eigenvalue weighted by atomic mass is 32.1. The minimum atomic E-state index is 0.474. The van der Waals surface area contributed by atoms with E-state index < -0.39 is 0 Å². The Bertz CT molecular complexity index is 681. The van der Waals surface area contributed by atoms with Crippen LogP contribution in [0.1, 0.15) is 48.6 Å². The number of aryl methyl sites for hydroxylation is 1. The fraction of sp³-hybridized carbons (Fsp3) is 0.500. The third-order valence-corrected chi connectivity index (χ3v) is 5.35. The lowest BCUT2D eigenvalue weighted by Crippen LogP contribution is -2.38. The molecule has 1 aromatic heterocycles. The normalized spacial score (nSPS) is 12.7. The van der Waals surface area contributed by atoms with Crippen LogP contribution in [0.4, 0.5) is 0 Å². The summed E-state index contributed by atoms with van der Waals surface area (Å²) in [7, 11) is 1.69. The Kier molecular flexibility index (Phi) is 8.41. The molecule has 1 heterocycles. The Morgan fingerprint density at radius 2 is 2.00 bits per heavy atom. The summed E-state index contributed by atoms with van der Waals surface area (Å²) in [5.74, 6) is 2.22. The maximum Gasteiger partial charge on any atom is 0.191 e. The van der Waals surface area contributed by atoms with Crippen LogP contribution >= 0.6 is 11.3 Å². The van der Waals surface area contributed by atoms with E-state index in [1.54, 1.807) is 18.4 Å². The lowest BCUT2D eigenvalue weighted by molar-refractivity contribution is 0.414. The first-order valence-corrected chi connectivity index (χ1v) is 10.1. The number of ether oxygens (including phenoxy) is 1. The summed E-state index contributed by atoms with van der Waals surface area (Å²) in [4.78, 5) is 10.4. The molecule has 0 amide bonds. The molecule has 5 nitrogen and oxygen atoms in total. The van der Waals surface area contributed by atoms with Crippen LogP contribution in [-0.2, 0) is 13.0 Å². The first kappa shape index (κ1) is 20.2. The van der Waals surface area contributed by atoms with Gasteiger partial charge in [-0.2, -0.15) is 0 Å². The smallest absolute Gasteiger partial charge is 0.191 e. The Balaban J connectivity index is 1.83. The van der Waals surface area contributed by atoms with Crippen LogP contribution < -0.4 is 15.4 Å². The summed E-state index contributed by atoms with van der Waals surface area (Å²) in [6.07, 6.45) is 4.02. The number of rotatable bonds is 9. The first-order valence-electron chi connectivity index (χ1n) is 9.26. The average Bonchev–Trinajstić information content (AvgIpc) is 3.14. The van der Waals surface area contributed by atoms with E-state index in [0.717, 1.165) is 42.6 Å². The number of hydrogen-bond acceptors (Lipinski definition) is 4. The van der Waals surface area contributed by atoms with Gasteiger partial charge in [0, 0.05) is 24.2 Å². The molecule has 2 rings (SSSR count). The highest BCUT2D eigenvalue weighted by Crippen LogP contribution is 2.21. The van der Waals surface area contributed by atoms with Gasteiger partial charge in [0.1, 0.15) is 10.8 Å². The van der Waals surface area contributed by atoms with Gasteiger partial charge in [-0.3, -0.25) is 0 Å². The maximum absolute atomic E-state index is 5.22. The number of nitrogens with one attached hydrogen (secondary N) is 2. The van der Waals surface area contributed by atoms with Crippen LogP contribution in [0.25, 0.3) is 0 Å². The molecule has 1 aromatic carbocycles.